The van der Waals surface area contributed by atoms with Gasteiger partial charge in [0.1, 0.15) is 90.6 Å². The summed E-state index contributed by atoms with van der Waals surface area (Å²) in [6, 6.07) is -7.85. The van der Waals surface area contributed by atoms with E-state index in [1.165, 1.54) is 40.1 Å². The van der Waals surface area contributed by atoms with Crippen molar-refractivity contribution in [3.63, 3.8) is 0 Å². The van der Waals surface area contributed by atoms with E-state index in [9.17, 15) is 117 Å². The third-order valence-corrected chi connectivity index (χ3v) is 24.7. The zero-order valence-electron chi connectivity index (χ0n) is 85.6. The number of benzene rings is 3. The van der Waals surface area contributed by atoms with Crippen molar-refractivity contribution in [2.24, 2.45) is 46.8 Å². The molecule has 0 saturated carbocycles. The standard InChI is InChI=1S/C98H147N23O27S/c1-14-50(10)77(94(144)115-71(45-149)91(141)120-79(52(12)123)96(146)117-76(49(8)9)93(143)112-64(36-47(4)5)88(138)119-78(51(11)122)95(145)114-69(41-73(127)128)87(137)108-65(37-54-25-16-15-17-26-54)84(134)107-62(31-22-23-33-99)83(133)121-80(53(13)124)97(147)148)118-89(139)67(39-56-44-105-61-30-21-19-28-58(56)61)109-86(136)68(40-72(125)126)111-85(135)66(38-55-43-104-60-29-20-18-27-57(55)60)113-92(142)75(48(6)7)116-90(140)70(42-74(129)130)110-82(132)63(32-24-34-103-98(101)102)106-81(131)59(100)35-46(2)3/h15-21,25-30,43-44,46-53,59,62-71,75-80,104-105,122-124,149H,14,22-24,31-42,45,99-100H2,1-13H3,(H,106,131)(H,107,134)(H,108,137)(H,109,136)(H,110,132)(H,111,135)(H,112,143)(H,113,142)(H,114,145)(H,115,144)(H,116,140)(H,117,146)(H,118,139)(H,119,138)(H,120,141)(H,121,133)(H,125,126)(H,127,128)(H,129,130)(H,147,148)(H4,101,102,103)/t50-,51+,52+,53+,59-,62-,63-,64-,65-,66-,67-,68-,69-,70-,71-,75-,76-,77-,78-,79-,80-/m0/s1. The topological polar surface area (TPSA) is 821 Å². The Balaban J connectivity index is 1.39. The summed E-state index contributed by atoms with van der Waals surface area (Å²) in [4.78, 5) is 287. The van der Waals surface area contributed by atoms with Gasteiger partial charge >= 0.3 is 23.9 Å². The average Bonchev–Trinajstić information content (AvgIpc) is 1.68. The maximum atomic E-state index is 15.3. The number of nitrogens with two attached hydrogens (primary N) is 3. The van der Waals surface area contributed by atoms with Gasteiger partial charge in [-0.1, -0.05) is 142 Å². The van der Waals surface area contributed by atoms with Crippen LogP contribution in [0.3, 0.4) is 0 Å². The molecule has 0 radical (unpaired) electrons. The van der Waals surface area contributed by atoms with Crippen LogP contribution in [0.2, 0.25) is 0 Å². The summed E-state index contributed by atoms with van der Waals surface area (Å²) in [5, 5.41) is 123. The third-order valence-electron chi connectivity index (χ3n) is 24.3. The number of carboxylic acid groups (broad SMARTS) is 4. The molecule has 0 spiro atoms. The average molecular weight is 2110 g/mol. The van der Waals surface area contributed by atoms with E-state index in [0.29, 0.717) is 44.9 Å². The maximum Gasteiger partial charge on any atom is 0.328 e. The molecule has 0 fully saturated rings. The first-order chi connectivity index (χ1) is 70.1. The molecule has 0 bridgehead atoms. The molecule has 3 aromatic carbocycles. The van der Waals surface area contributed by atoms with E-state index < -0.39 is 307 Å². The number of para-hydroxylation sites is 2. The van der Waals surface area contributed by atoms with Gasteiger partial charge in [0.15, 0.2) is 12.0 Å². The monoisotopic (exact) mass is 2110 g/mol. The molecule has 2 aromatic heterocycles. The molecule has 16 amide bonds. The number of aliphatic carboxylic acids is 4. The first-order valence-electron chi connectivity index (χ1n) is 49.2. The second-order valence-electron chi connectivity index (χ2n) is 38.4. The van der Waals surface area contributed by atoms with Crippen molar-refractivity contribution in [3.8, 4) is 0 Å². The zero-order chi connectivity index (χ0) is 112. The molecule has 5 rings (SSSR count). The summed E-state index contributed by atoms with van der Waals surface area (Å²) in [7, 11) is 0. The quantitative estimate of drug-likeness (QED) is 0.00768. The Hall–Kier alpha value is -14.4. The molecule has 33 N–H and O–H groups in total. The van der Waals surface area contributed by atoms with E-state index in [4.69, 9.17) is 22.6 Å². The highest BCUT2D eigenvalue weighted by Crippen LogP contribution is 2.24. The molecule has 0 aliphatic carbocycles. The first kappa shape index (κ1) is 125. The van der Waals surface area contributed by atoms with Gasteiger partial charge in [-0.3, -0.25) is 96.5 Å². The normalized spacial score (nSPS) is 15.6. The Labute approximate surface area is 866 Å². The number of aliphatic hydroxyl groups is 3. The van der Waals surface area contributed by atoms with E-state index >= 15 is 14.4 Å². The predicted molar refractivity (Wildman–Crippen MR) is 546 cm³/mol. The lowest BCUT2D eigenvalue weighted by molar-refractivity contribution is -0.145. The number of carbonyl (C=O) groups excluding carboxylic acids is 16. The second-order valence-corrected chi connectivity index (χ2v) is 38.8. The van der Waals surface area contributed by atoms with Crippen LogP contribution in [0.15, 0.2) is 91.3 Å². The van der Waals surface area contributed by atoms with Crippen LogP contribution in [-0.4, -0.2) is 310 Å². The lowest BCUT2D eigenvalue weighted by atomic mass is 9.96. The molecule has 2 heterocycles. The van der Waals surface area contributed by atoms with Crippen LogP contribution >= 0.6 is 12.6 Å². The molecule has 149 heavy (non-hydrogen) atoms. The van der Waals surface area contributed by atoms with Crippen molar-refractivity contribution in [2.75, 3.05) is 18.8 Å². The zero-order valence-corrected chi connectivity index (χ0v) is 86.5. The number of amides is 16. The summed E-state index contributed by atoms with van der Waals surface area (Å²) in [5.41, 5.74) is 19.6. The van der Waals surface area contributed by atoms with Gasteiger partial charge in [0, 0.05) is 65.8 Å². The van der Waals surface area contributed by atoms with E-state index in [1.54, 1.807) is 107 Å². The fourth-order valence-corrected chi connectivity index (χ4v) is 16.2. The minimum Gasteiger partial charge on any atom is -0.481 e. The van der Waals surface area contributed by atoms with Gasteiger partial charge in [-0.2, -0.15) is 12.6 Å². The smallest absolute Gasteiger partial charge is 0.328 e. The number of aliphatic hydroxyl groups excluding tert-OH is 3. The number of thiol groups is 1. The van der Waals surface area contributed by atoms with Crippen molar-refractivity contribution >= 4 is 159 Å². The Bertz CT molecular complexity index is 5450. The van der Waals surface area contributed by atoms with Gasteiger partial charge in [0.05, 0.1) is 43.6 Å². The number of H-pyrrole nitrogens is 2. The largest absolute Gasteiger partial charge is 0.481 e. The fraction of sp³-hybridized carbons (Fsp3) is 0.561. The number of carboxylic acids is 4. The van der Waals surface area contributed by atoms with Crippen LogP contribution in [0.4, 0.5) is 0 Å². The molecule has 0 saturated heterocycles. The van der Waals surface area contributed by atoms with E-state index in [0.717, 1.165) is 20.8 Å². The number of guanidine groups is 1. The third kappa shape index (κ3) is 41.0. The van der Waals surface area contributed by atoms with Crippen LogP contribution in [0.5, 0.6) is 0 Å². The van der Waals surface area contributed by atoms with Gasteiger partial charge in [-0.05, 0) is 131 Å². The van der Waals surface area contributed by atoms with Gasteiger partial charge in [0.2, 0.25) is 94.5 Å². The molecular formula is C98H147N23O27S. The fourth-order valence-electron chi connectivity index (χ4n) is 15.9. The van der Waals surface area contributed by atoms with Crippen LogP contribution < -0.4 is 108 Å². The summed E-state index contributed by atoms with van der Waals surface area (Å²) in [6.07, 6.45) is -6.19. The van der Waals surface area contributed by atoms with Crippen molar-refractivity contribution in [1.82, 2.24) is 100 Å². The number of aromatic nitrogens is 2. The number of unbranched alkanes of at least 4 members (excludes halogenated alkanes) is 1. The lowest BCUT2D eigenvalue weighted by Crippen LogP contribution is -2.64. The molecule has 5 aromatic rings. The molecule has 51 heteroatoms. The van der Waals surface area contributed by atoms with Crippen molar-refractivity contribution in [2.45, 2.75) is 301 Å². The van der Waals surface area contributed by atoms with Gasteiger partial charge in [-0.25, -0.2) is 4.79 Å². The number of rotatable bonds is 65. The number of hydrogen-bond acceptors (Lipinski definition) is 27. The number of carbonyl (C=O) groups is 20. The van der Waals surface area contributed by atoms with Gasteiger partial charge in [-0.15, -0.1) is 0 Å². The molecule has 21 atom stereocenters. The second kappa shape index (κ2) is 61.4. The minimum atomic E-state index is -2.10. The summed E-state index contributed by atoms with van der Waals surface area (Å²) >= 11 is 4.33. The van der Waals surface area contributed by atoms with Crippen LogP contribution in [0.25, 0.3) is 21.8 Å². The Morgan fingerprint density at radius 3 is 1.09 bits per heavy atom. The minimum absolute atomic E-state index is 0.0484. The lowest BCUT2D eigenvalue weighted by Gasteiger charge is -2.31. The molecule has 0 aliphatic heterocycles. The van der Waals surface area contributed by atoms with E-state index in [1.807, 2.05) is 13.8 Å². The Kier molecular flexibility index (Phi) is 51.5. The summed E-state index contributed by atoms with van der Waals surface area (Å²) < 4.78 is 0. The molecule has 0 unspecified atom stereocenters. The highest BCUT2D eigenvalue weighted by atomic mass is 32.1. The maximum absolute atomic E-state index is 15.3. The number of nitrogens with one attached hydrogen (secondary N) is 20. The number of aromatic amines is 2. The Morgan fingerprint density at radius 1 is 0.356 bits per heavy atom. The van der Waals surface area contributed by atoms with Crippen LogP contribution in [0, 0.1) is 35.0 Å². The van der Waals surface area contributed by atoms with E-state index in [2.05, 4.69) is 113 Å². The molecular weight excluding hydrogens is 1960 g/mol. The van der Waals surface area contributed by atoms with Crippen LogP contribution in [0.1, 0.15) is 177 Å². The Morgan fingerprint density at radius 2 is 0.671 bits per heavy atom. The van der Waals surface area contributed by atoms with Gasteiger partial charge < -0.3 is 153 Å². The molecule has 50 nitrogen and oxygen atoms in total. The first-order valence-corrected chi connectivity index (χ1v) is 49.8. The highest BCUT2D eigenvalue weighted by molar-refractivity contribution is 7.80. The molecule has 822 valence electrons. The van der Waals surface area contributed by atoms with Crippen molar-refractivity contribution < 1.29 is 132 Å². The van der Waals surface area contributed by atoms with Gasteiger partial charge in [0.25, 0.3) is 0 Å². The predicted octanol–water partition coefficient (Wildman–Crippen LogP) is -3.82. The summed E-state index contributed by atoms with van der Waals surface area (Å²) in [5.74, 6) is -28.6. The summed E-state index contributed by atoms with van der Waals surface area (Å²) in [6.45, 7) is 19.5. The number of hydrogen-bond donors (Lipinski definition) is 31. The highest BCUT2D eigenvalue weighted by Gasteiger charge is 2.43. The molecule has 0 aliphatic rings. The van der Waals surface area contributed by atoms with E-state index in [-0.39, 0.29) is 70.4 Å². The van der Waals surface area contributed by atoms with Crippen molar-refractivity contribution in [1.29, 1.82) is 5.41 Å². The van der Waals surface area contributed by atoms with Crippen molar-refractivity contribution in [3.05, 3.63) is 108 Å². The van der Waals surface area contributed by atoms with Crippen LogP contribution in [-0.2, 0) is 115 Å². The SMILES string of the molecule is CC[C@H](C)[C@H](NC(=O)[C@H](Cc1c[nH]c2ccccc12)NC(=O)[C@H](CC(=O)O)NC(=O)[C@H](Cc1c[nH]c2ccccc12)NC(=O)[C@@H](NC(=O)[C@H](CC(=O)O)NC(=O)[C@H](CCCNC(=N)N)NC(=O)[C@@H](N)CC(C)C)C(C)C)C(=O)N[C@@H](CS)C(=O)N[C@H](C(=O)N[C@H](C(=O)N[C@@H](CC(C)C)C(=O)N[C@H](C(=O)N[C@@H](CC(=O)O)C(=O)N[C@@H](Cc1ccccc1)C(=O)N[C@@H](CCCCN)C(=O)N[C@H](C(=O)O)[C@@H](C)O)[C@@H](C)O)C(C)C)[C@@H](C)O. The number of fused-ring (bicyclic) bond motifs is 2.